The summed E-state index contributed by atoms with van der Waals surface area (Å²) in [6.45, 7) is 2.06. The largest absolute Gasteiger partial charge is 0.353 e. The van der Waals surface area contributed by atoms with Crippen molar-refractivity contribution in [3.8, 4) is 0 Å². The summed E-state index contributed by atoms with van der Waals surface area (Å²) in [7, 11) is 0. The maximum absolute atomic E-state index is 4.95. The summed E-state index contributed by atoms with van der Waals surface area (Å²) in [5.74, 6) is 0.643. The third-order valence-corrected chi connectivity index (χ3v) is 2.74. The van der Waals surface area contributed by atoms with Crippen molar-refractivity contribution in [2.75, 3.05) is 18.4 Å². The molecule has 0 radical (unpaired) electrons. The molecular formula is C10H13N5O. The highest BCUT2D eigenvalue weighted by atomic mass is 16.5. The molecule has 0 saturated carbocycles. The molecule has 3 rings (SSSR count). The Balaban J connectivity index is 1.77. The second kappa shape index (κ2) is 4.05. The minimum Gasteiger partial charge on any atom is -0.353 e. The minimum atomic E-state index is 0.408. The number of rotatable bonds is 2. The molecule has 3 heterocycles. The molecule has 1 aliphatic heterocycles. The van der Waals surface area contributed by atoms with Crippen molar-refractivity contribution in [3.05, 3.63) is 12.4 Å². The summed E-state index contributed by atoms with van der Waals surface area (Å²) in [5.41, 5.74) is 1.36. The lowest BCUT2D eigenvalue weighted by Crippen LogP contribution is -2.38. The van der Waals surface area contributed by atoms with E-state index in [1.54, 1.807) is 12.4 Å². The predicted molar refractivity (Wildman–Crippen MR) is 59.1 cm³/mol. The number of aromatic nitrogens is 3. The van der Waals surface area contributed by atoms with Gasteiger partial charge in [-0.3, -0.25) is 0 Å². The first-order chi connectivity index (χ1) is 7.92. The Morgan fingerprint density at radius 1 is 1.44 bits per heavy atom. The van der Waals surface area contributed by atoms with Crippen LogP contribution in [-0.2, 0) is 0 Å². The Labute approximate surface area is 92.4 Å². The topological polar surface area (TPSA) is 75.9 Å². The average molecular weight is 219 g/mol. The van der Waals surface area contributed by atoms with Crippen LogP contribution in [0, 0.1) is 0 Å². The maximum Gasteiger partial charge on any atom is 0.223 e. The van der Waals surface area contributed by atoms with Crippen LogP contribution in [0.15, 0.2) is 16.9 Å². The average Bonchev–Trinajstić information content (AvgIpc) is 2.77. The molecule has 0 aliphatic carbocycles. The Hall–Kier alpha value is -1.69. The van der Waals surface area contributed by atoms with Crippen molar-refractivity contribution in [3.63, 3.8) is 0 Å². The number of hydrogen-bond donors (Lipinski definition) is 2. The zero-order valence-corrected chi connectivity index (χ0v) is 8.81. The van der Waals surface area contributed by atoms with Gasteiger partial charge in [-0.2, -0.15) is 0 Å². The number of nitrogens with zero attached hydrogens (tertiary/aromatic N) is 3. The van der Waals surface area contributed by atoms with E-state index in [1.165, 1.54) is 6.42 Å². The van der Waals surface area contributed by atoms with E-state index >= 15 is 0 Å². The van der Waals surface area contributed by atoms with Gasteiger partial charge in [-0.1, -0.05) is 5.16 Å². The third-order valence-electron chi connectivity index (χ3n) is 2.74. The standard InChI is InChI=1S/C10H13N5O/c1-2-7(4-11-3-1)14-10-12-6-9-8(15-10)5-13-16-9/h5-7,11H,1-4H2,(H,12,14,15). The quantitative estimate of drug-likeness (QED) is 0.777. The fourth-order valence-electron chi connectivity index (χ4n) is 1.91. The van der Waals surface area contributed by atoms with Gasteiger partial charge in [0, 0.05) is 12.6 Å². The van der Waals surface area contributed by atoms with Gasteiger partial charge in [0.25, 0.3) is 0 Å². The third kappa shape index (κ3) is 1.83. The number of piperidine rings is 1. The van der Waals surface area contributed by atoms with E-state index in [0.29, 0.717) is 17.6 Å². The van der Waals surface area contributed by atoms with Crippen LogP contribution in [0.4, 0.5) is 5.95 Å². The summed E-state index contributed by atoms with van der Waals surface area (Å²) in [6.07, 6.45) is 5.58. The lowest BCUT2D eigenvalue weighted by Gasteiger charge is -2.23. The molecule has 0 bridgehead atoms. The summed E-state index contributed by atoms with van der Waals surface area (Å²) in [5, 5.41) is 10.3. The van der Waals surface area contributed by atoms with Crippen molar-refractivity contribution in [1.29, 1.82) is 0 Å². The highest BCUT2D eigenvalue weighted by molar-refractivity contribution is 5.70. The molecule has 16 heavy (non-hydrogen) atoms. The molecule has 1 fully saturated rings. The van der Waals surface area contributed by atoms with Crippen LogP contribution < -0.4 is 10.6 Å². The number of hydrogen-bond acceptors (Lipinski definition) is 6. The van der Waals surface area contributed by atoms with E-state index in [0.717, 1.165) is 25.0 Å². The van der Waals surface area contributed by atoms with Gasteiger partial charge in [0.2, 0.25) is 11.5 Å². The lowest BCUT2D eigenvalue weighted by molar-refractivity contribution is 0.455. The van der Waals surface area contributed by atoms with Gasteiger partial charge in [0.05, 0.1) is 12.4 Å². The molecule has 2 aromatic rings. The molecule has 1 aliphatic rings. The van der Waals surface area contributed by atoms with Crippen LogP contribution in [-0.4, -0.2) is 34.3 Å². The molecule has 0 spiro atoms. The Kier molecular flexibility index (Phi) is 2.41. The molecule has 1 atom stereocenters. The zero-order valence-electron chi connectivity index (χ0n) is 8.81. The van der Waals surface area contributed by atoms with Crippen LogP contribution in [0.2, 0.25) is 0 Å². The first kappa shape index (κ1) is 9.53. The fourth-order valence-corrected chi connectivity index (χ4v) is 1.91. The van der Waals surface area contributed by atoms with Crippen LogP contribution >= 0.6 is 0 Å². The van der Waals surface area contributed by atoms with Gasteiger partial charge >= 0.3 is 0 Å². The molecular weight excluding hydrogens is 206 g/mol. The second-order valence-electron chi connectivity index (χ2n) is 3.96. The first-order valence-corrected chi connectivity index (χ1v) is 5.46. The van der Waals surface area contributed by atoms with Crippen LogP contribution in [0.25, 0.3) is 11.1 Å². The molecule has 1 saturated heterocycles. The lowest BCUT2D eigenvalue weighted by atomic mass is 10.1. The Bertz CT molecular complexity index is 477. The zero-order chi connectivity index (χ0) is 10.8. The first-order valence-electron chi connectivity index (χ1n) is 5.46. The monoisotopic (exact) mass is 219 g/mol. The van der Waals surface area contributed by atoms with Crippen LogP contribution in [0.1, 0.15) is 12.8 Å². The molecule has 2 aromatic heterocycles. The normalized spacial score (nSPS) is 21.1. The van der Waals surface area contributed by atoms with Crippen molar-refractivity contribution in [1.82, 2.24) is 20.4 Å². The van der Waals surface area contributed by atoms with E-state index in [9.17, 15) is 0 Å². The molecule has 1 unspecified atom stereocenters. The van der Waals surface area contributed by atoms with E-state index in [1.807, 2.05) is 0 Å². The number of nitrogens with one attached hydrogen (secondary N) is 2. The Morgan fingerprint density at radius 3 is 3.31 bits per heavy atom. The van der Waals surface area contributed by atoms with Gasteiger partial charge in [-0.15, -0.1) is 0 Å². The molecule has 0 amide bonds. The molecule has 6 nitrogen and oxygen atoms in total. The molecule has 84 valence electrons. The van der Waals surface area contributed by atoms with Crippen LogP contribution in [0.3, 0.4) is 0 Å². The van der Waals surface area contributed by atoms with Gasteiger partial charge in [0.1, 0.15) is 5.52 Å². The van der Waals surface area contributed by atoms with Crippen molar-refractivity contribution in [2.45, 2.75) is 18.9 Å². The predicted octanol–water partition coefficient (Wildman–Crippen LogP) is 0.782. The van der Waals surface area contributed by atoms with E-state index in [2.05, 4.69) is 25.8 Å². The summed E-state index contributed by atoms with van der Waals surface area (Å²) in [4.78, 5) is 8.51. The fraction of sp³-hybridized carbons (Fsp3) is 0.500. The van der Waals surface area contributed by atoms with E-state index < -0.39 is 0 Å². The van der Waals surface area contributed by atoms with E-state index in [4.69, 9.17) is 4.52 Å². The SMILES string of the molecule is c1noc2cnc(NC3CCCNC3)nc12. The van der Waals surface area contributed by atoms with E-state index in [-0.39, 0.29) is 0 Å². The summed E-state index contributed by atoms with van der Waals surface area (Å²) >= 11 is 0. The summed E-state index contributed by atoms with van der Waals surface area (Å²) < 4.78 is 4.95. The highest BCUT2D eigenvalue weighted by Crippen LogP contribution is 2.13. The number of anilines is 1. The van der Waals surface area contributed by atoms with Crippen molar-refractivity contribution >= 4 is 17.0 Å². The second-order valence-corrected chi connectivity index (χ2v) is 3.96. The summed E-state index contributed by atoms with van der Waals surface area (Å²) in [6, 6.07) is 0.408. The van der Waals surface area contributed by atoms with Gasteiger partial charge in [0.15, 0.2) is 0 Å². The Morgan fingerprint density at radius 2 is 2.44 bits per heavy atom. The van der Waals surface area contributed by atoms with Crippen molar-refractivity contribution < 1.29 is 4.52 Å². The van der Waals surface area contributed by atoms with Crippen LogP contribution in [0.5, 0.6) is 0 Å². The van der Waals surface area contributed by atoms with Gasteiger partial charge < -0.3 is 15.2 Å². The smallest absolute Gasteiger partial charge is 0.223 e. The molecule has 6 heteroatoms. The van der Waals surface area contributed by atoms with Gasteiger partial charge in [-0.05, 0) is 19.4 Å². The molecule has 2 N–H and O–H groups in total. The van der Waals surface area contributed by atoms with Gasteiger partial charge in [-0.25, -0.2) is 9.97 Å². The minimum absolute atomic E-state index is 0.408. The molecule has 0 aromatic carbocycles. The highest BCUT2D eigenvalue weighted by Gasteiger charge is 2.14. The number of fused-ring (bicyclic) bond motifs is 1. The van der Waals surface area contributed by atoms with Crippen molar-refractivity contribution in [2.24, 2.45) is 0 Å². The maximum atomic E-state index is 4.95.